The number of amides is 3. The highest BCUT2D eigenvalue weighted by atomic mass is 79.9. The van der Waals surface area contributed by atoms with E-state index in [-0.39, 0.29) is 6.54 Å². The van der Waals surface area contributed by atoms with Gasteiger partial charge in [0.05, 0.1) is 18.2 Å². The summed E-state index contributed by atoms with van der Waals surface area (Å²) in [6.07, 6.45) is 0. The average molecular weight is 402 g/mol. The third-order valence-electron chi connectivity index (χ3n) is 4.21. The summed E-state index contributed by atoms with van der Waals surface area (Å²) in [5, 5.41) is 11.6. The highest BCUT2D eigenvalue weighted by molar-refractivity contribution is 9.10. The van der Waals surface area contributed by atoms with Gasteiger partial charge in [0, 0.05) is 4.47 Å². The van der Waals surface area contributed by atoms with Gasteiger partial charge in [-0.3, -0.25) is 9.69 Å². The van der Waals surface area contributed by atoms with E-state index < -0.39 is 23.3 Å². The summed E-state index contributed by atoms with van der Waals surface area (Å²) in [5.74, 6) is -0.811. The highest BCUT2D eigenvalue weighted by Gasteiger charge is 2.48. The first-order valence-corrected chi connectivity index (χ1v) is 8.23. The largest absolute Gasteiger partial charge is 0.325 e. The van der Waals surface area contributed by atoms with Crippen LogP contribution in [0.2, 0.25) is 0 Å². The first-order valence-electron chi connectivity index (χ1n) is 7.44. The van der Waals surface area contributed by atoms with Gasteiger partial charge in [0.2, 0.25) is 0 Å². The second-order valence-electron chi connectivity index (χ2n) is 5.87. The topological polar surface area (TPSA) is 73.2 Å². The molecule has 1 fully saturated rings. The van der Waals surface area contributed by atoms with Gasteiger partial charge < -0.3 is 5.32 Å². The van der Waals surface area contributed by atoms with E-state index in [1.54, 1.807) is 31.2 Å². The molecule has 5 nitrogen and oxygen atoms in total. The Morgan fingerprint density at radius 2 is 1.92 bits per heavy atom. The van der Waals surface area contributed by atoms with Gasteiger partial charge in [-0.15, -0.1) is 0 Å². The molecule has 0 spiro atoms. The van der Waals surface area contributed by atoms with Crippen LogP contribution >= 0.6 is 15.9 Å². The van der Waals surface area contributed by atoms with Crippen molar-refractivity contribution in [3.63, 3.8) is 0 Å². The number of nitrogens with one attached hydrogen (secondary N) is 1. The number of nitrogens with zero attached hydrogens (tertiary/aromatic N) is 2. The maximum Gasteiger partial charge on any atom is 0.325 e. The Balaban J connectivity index is 1.89. The van der Waals surface area contributed by atoms with Crippen LogP contribution < -0.4 is 5.32 Å². The molecule has 1 unspecified atom stereocenters. The van der Waals surface area contributed by atoms with Crippen LogP contribution in [-0.2, 0) is 16.9 Å². The number of imide groups is 1. The first-order chi connectivity index (χ1) is 11.8. The van der Waals surface area contributed by atoms with Crippen molar-refractivity contribution in [3.8, 4) is 6.07 Å². The lowest BCUT2D eigenvalue weighted by molar-refractivity contribution is -0.131. The predicted octanol–water partition coefficient (Wildman–Crippen LogP) is 3.43. The molecular weight excluding hydrogens is 389 g/mol. The Bertz CT molecular complexity index is 908. The van der Waals surface area contributed by atoms with Crippen LogP contribution in [0.4, 0.5) is 9.18 Å². The van der Waals surface area contributed by atoms with Crippen molar-refractivity contribution >= 4 is 27.9 Å². The van der Waals surface area contributed by atoms with Crippen molar-refractivity contribution in [2.45, 2.75) is 19.0 Å². The number of urea groups is 1. The van der Waals surface area contributed by atoms with Gasteiger partial charge >= 0.3 is 6.03 Å². The van der Waals surface area contributed by atoms with Gasteiger partial charge in [-0.1, -0.05) is 34.1 Å². The van der Waals surface area contributed by atoms with E-state index in [4.69, 9.17) is 5.26 Å². The highest BCUT2D eigenvalue weighted by Crippen LogP contribution is 2.31. The summed E-state index contributed by atoms with van der Waals surface area (Å²) >= 11 is 3.24. The standard InChI is InChI=1S/C18H13BrFN3O2/c1-18(13-5-2-11(9-21)3-6-13)16(24)23(17(25)22-18)10-12-4-7-14(20)8-15(12)19/h2-8H,10H2,1H3,(H,22,25). The van der Waals surface area contributed by atoms with Gasteiger partial charge in [-0.05, 0) is 42.3 Å². The van der Waals surface area contributed by atoms with E-state index in [1.165, 1.54) is 18.2 Å². The zero-order chi connectivity index (χ0) is 18.2. The second kappa shape index (κ2) is 6.30. The smallest absolute Gasteiger partial charge is 0.319 e. The minimum Gasteiger partial charge on any atom is -0.319 e. The van der Waals surface area contributed by atoms with Gasteiger partial charge in [-0.2, -0.15) is 5.26 Å². The van der Waals surface area contributed by atoms with Crippen molar-refractivity contribution in [1.82, 2.24) is 10.2 Å². The van der Waals surface area contributed by atoms with E-state index in [2.05, 4.69) is 21.2 Å². The van der Waals surface area contributed by atoms with Crippen molar-refractivity contribution in [2.75, 3.05) is 0 Å². The van der Waals surface area contributed by atoms with E-state index in [9.17, 15) is 14.0 Å². The fourth-order valence-corrected chi connectivity index (χ4v) is 3.21. The molecule has 2 aromatic rings. The monoisotopic (exact) mass is 401 g/mol. The van der Waals surface area contributed by atoms with Crippen LogP contribution in [0.25, 0.3) is 0 Å². The molecule has 1 heterocycles. The van der Waals surface area contributed by atoms with Gasteiger partial charge in [0.15, 0.2) is 0 Å². The number of halogens is 2. The Morgan fingerprint density at radius 3 is 2.52 bits per heavy atom. The zero-order valence-corrected chi connectivity index (χ0v) is 14.8. The number of carbonyl (C=O) groups is 2. The maximum atomic E-state index is 13.2. The average Bonchev–Trinajstić information content (AvgIpc) is 2.81. The molecule has 1 N–H and O–H groups in total. The molecule has 0 bridgehead atoms. The van der Waals surface area contributed by atoms with Gasteiger partial charge in [-0.25, -0.2) is 9.18 Å². The molecule has 1 saturated heterocycles. The minimum absolute atomic E-state index is 0.0252. The third kappa shape index (κ3) is 3.01. The van der Waals surface area contributed by atoms with Crippen molar-refractivity contribution in [3.05, 3.63) is 69.4 Å². The second-order valence-corrected chi connectivity index (χ2v) is 6.73. The number of hydrogen-bond donors (Lipinski definition) is 1. The van der Waals surface area contributed by atoms with Crippen molar-refractivity contribution in [1.29, 1.82) is 5.26 Å². The molecule has 3 amide bonds. The Labute approximate surface area is 152 Å². The SMILES string of the molecule is CC1(c2ccc(C#N)cc2)NC(=O)N(Cc2ccc(F)cc2Br)C1=O. The third-order valence-corrected chi connectivity index (χ3v) is 4.95. The molecule has 3 rings (SSSR count). The lowest BCUT2D eigenvalue weighted by Gasteiger charge is -2.22. The van der Waals surface area contributed by atoms with Crippen molar-refractivity contribution in [2.24, 2.45) is 0 Å². The quantitative estimate of drug-likeness (QED) is 0.800. The fourth-order valence-electron chi connectivity index (χ4n) is 2.73. The number of nitriles is 1. The maximum absolute atomic E-state index is 13.2. The number of benzene rings is 2. The summed E-state index contributed by atoms with van der Waals surface area (Å²) in [6, 6.07) is 12.1. The normalized spacial score (nSPS) is 19.7. The zero-order valence-electron chi connectivity index (χ0n) is 13.2. The Kier molecular flexibility index (Phi) is 4.31. The molecule has 2 aromatic carbocycles. The van der Waals surface area contributed by atoms with Crippen LogP contribution in [0.5, 0.6) is 0 Å². The molecule has 1 aliphatic rings. The molecule has 1 aliphatic heterocycles. The van der Waals surface area contributed by atoms with E-state index in [0.717, 1.165) is 4.90 Å². The lowest BCUT2D eigenvalue weighted by Crippen LogP contribution is -2.40. The van der Waals surface area contributed by atoms with Crippen molar-refractivity contribution < 1.29 is 14.0 Å². The molecule has 0 aromatic heterocycles. The Morgan fingerprint density at radius 1 is 1.24 bits per heavy atom. The lowest BCUT2D eigenvalue weighted by atomic mass is 9.91. The summed E-state index contributed by atoms with van der Waals surface area (Å²) in [5.41, 5.74) is 0.466. The first kappa shape index (κ1) is 17.1. The predicted molar refractivity (Wildman–Crippen MR) is 91.7 cm³/mol. The molecule has 126 valence electrons. The summed E-state index contributed by atoms with van der Waals surface area (Å²) in [4.78, 5) is 26.3. The molecular formula is C18H13BrFN3O2. The molecule has 25 heavy (non-hydrogen) atoms. The van der Waals surface area contributed by atoms with Crippen LogP contribution in [0.15, 0.2) is 46.9 Å². The van der Waals surface area contributed by atoms with E-state index in [0.29, 0.717) is 21.2 Å². The fraction of sp³-hybridized carbons (Fsp3) is 0.167. The van der Waals surface area contributed by atoms with E-state index >= 15 is 0 Å². The Hall–Kier alpha value is -2.72. The van der Waals surface area contributed by atoms with Crippen LogP contribution in [0.3, 0.4) is 0 Å². The van der Waals surface area contributed by atoms with Crippen LogP contribution in [-0.4, -0.2) is 16.8 Å². The van der Waals surface area contributed by atoms with Gasteiger partial charge in [0.25, 0.3) is 5.91 Å². The van der Waals surface area contributed by atoms with E-state index in [1.807, 2.05) is 6.07 Å². The summed E-state index contributed by atoms with van der Waals surface area (Å²) in [7, 11) is 0. The molecule has 0 saturated carbocycles. The summed E-state index contributed by atoms with van der Waals surface area (Å²) in [6.45, 7) is 1.64. The number of carbonyl (C=O) groups excluding carboxylic acids is 2. The molecule has 0 radical (unpaired) electrons. The molecule has 7 heteroatoms. The molecule has 0 aliphatic carbocycles. The molecule has 1 atom stereocenters. The number of rotatable bonds is 3. The van der Waals surface area contributed by atoms with Crippen LogP contribution in [0, 0.1) is 17.1 Å². The minimum atomic E-state index is -1.21. The van der Waals surface area contributed by atoms with Gasteiger partial charge in [0.1, 0.15) is 11.4 Å². The summed E-state index contributed by atoms with van der Waals surface area (Å²) < 4.78 is 13.7. The van der Waals surface area contributed by atoms with Crippen LogP contribution in [0.1, 0.15) is 23.6 Å². The number of hydrogen-bond acceptors (Lipinski definition) is 3.